The Morgan fingerprint density at radius 3 is 2.67 bits per heavy atom. The van der Waals surface area contributed by atoms with Crippen LogP contribution in [0.4, 0.5) is 0 Å². The highest BCUT2D eigenvalue weighted by Gasteiger charge is 2.21. The van der Waals surface area contributed by atoms with Gasteiger partial charge in [-0.2, -0.15) is 0 Å². The Morgan fingerprint density at radius 1 is 1.58 bits per heavy atom. The predicted molar refractivity (Wildman–Crippen MR) is 47.8 cm³/mol. The first-order valence-corrected chi connectivity index (χ1v) is 4.09. The van der Waals surface area contributed by atoms with E-state index in [4.69, 9.17) is 0 Å². The van der Waals surface area contributed by atoms with E-state index in [1.165, 1.54) is 6.08 Å². The quantitative estimate of drug-likeness (QED) is 0.555. The number of carbonyl (C=O) groups is 1. The Labute approximate surface area is 72.6 Å². The smallest absolute Gasteiger partial charge is 0.181 e. The lowest BCUT2D eigenvalue weighted by atomic mass is 9.90. The summed E-state index contributed by atoms with van der Waals surface area (Å²) in [5.41, 5.74) is 2.53. The van der Waals surface area contributed by atoms with Gasteiger partial charge in [0.1, 0.15) is 0 Å². The molecule has 0 saturated carbocycles. The van der Waals surface area contributed by atoms with Crippen molar-refractivity contribution in [3.05, 3.63) is 22.8 Å². The number of aliphatic hydroxyl groups excluding tert-OH is 1. The van der Waals surface area contributed by atoms with Gasteiger partial charge in [0, 0.05) is 12.0 Å². The maximum atomic E-state index is 11.3. The fourth-order valence-corrected chi connectivity index (χ4v) is 1.30. The lowest BCUT2D eigenvalue weighted by Gasteiger charge is -2.19. The first kappa shape index (κ1) is 9.20. The van der Waals surface area contributed by atoms with Crippen molar-refractivity contribution >= 4 is 5.78 Å². The monoisotopic (exact) mass is 166 g/mol. The van der Waals surface area contributed by atoms with Crippen LogP contribution in [-0.2, 0) is 4.79 Å². The zero-order valence-electron chi connectivity index (χ0n) is 7.72. The molecule has 2 nitrogen and oxygen atoms in total. The number of hydrogen-bond donors (Lipinski definition) is 1. The second kappa shape index (κ2) is 3.23. The van der Waals surface area contributed by atoms with Crippen molar-refractivity contribution in [1.82, 2.24) is 0 Å². The Kier molecular flexibility index (Phi) is 2.48. The van der Waals surface area contributed by atoms with Gasteiger partial charge in [-0.1, -0.05) is 5.57 Å². The molecule has 1 aliphatic rings. The molecular weight excluding hydrogens is 152 g/mol. The van der Waals surface area contributed by atoms with Gasteiger partial charge in [-0.05, 0) is 32.4 Å². The molecule has 66 valence electrons. The predicted octanol–water partition coefficient (Wildman–Crippen LogP) is 1.60. The fraction of sp³-hybridized carbons (Fsp3) is 0.500. The number of rotatable bonds is 0. The van der Waals surface area contributed by atoms with Crippen LogP contribution in [0.25, 0.3) is 0 Å². The molecule has 0 aliphatic heterocycles. The minimum atomic E-state index is -0.465. The summed E-state index contributed by atoms with van der Waals surface area (Å²) in [4.78, 5) is 11.3. The van der Waals surface area contributed by atoms with E-state index in [0.29, 0.717) is 6.42 Å². The molecule has 0 bridgehead atoms. The molecule has 1 N–H and O–H groups in total. The van der Waals surface area contributed by atoms with Crippen LogP contribution in [-0.4, -0.2) is 17.0 Å². The molecule has 2 heteroatoms. The van der Waals surface area contributed by atoms with Gasteiger partial charge < -0.3 is 5.11 Å². The largest absolute Gasteiger partial charge is 0.388 e. The van der Waals surface area contributed by atoms with Crippen molar-refractivity contribution in [3.63, 3.8) is 0 Å². The average molecular weight is 166 g/mol. The standard InChI is InChI=1S/C10H14O2/c1-6(2)8-5-9(11)7(3)4-10(8)12/h4,9,11H,5H2,1-3H3. The maximum Gasteiger partial charge on any atom is 0.181 e. The molecule has 0 heterocycles. The van der Waals surface area contributed by atoms with Crippen molar-refractivity contribution < 1.29 is 9.90 Å². The third-order valence-electron chi connectivity index (χ3n) is 2.18. The summed E-state index contributed by atoms with van der Waals surface area (Å²) >= 11 is 0. The van der Waals surface area contributed by atoms with Crippen LogP contribution in [0, 0.1) is 0 Å². The van der Waals surface area contributed by atoms with Crippen molar-refractivity contribution in [2.45, 2.75) is 33.3 Å². The Balaban J connectivity index is 3.03. The van der Waals surface area contributed by atoms with E-state index in [9.17, 15) is 9.90 Å². The molecule has 0 aromatic carbocycles. The van der Waals surface area contributed by atoms with Crippen LogP contribution < -0.4 is 0 Å². The Morgan fingerprint density at radius 2 is 2.17 bits per heavy atom. The van der Waals surface area contributed by atoms with Crippen LogP contribution in [0.2, 0.25) is 0 Å². The summed E-state index contributed by atoms with van der Waals surface area (Å²) < 4.78 is 0. The van der Waals surface area contributed by atoms with E-state index < -0.39 is 6.10 Å². The van der Waals surface area contributed by atoms with Crippen LogP contribution in [0.3, 0.4) is 0 Å². The number of ketones is 1. The lowest BCUT2D eigenvalue weighted by molar-refractivity contribution is -0.112. The summed E-state index contributed by atoms with van der Waals surface area (Å²) in [5.74, 6) is 0.0535. The third kappa shape index (κ3) is 1.64. The summed E-state index contributed by atoms with van der Waals surface area (Å²) in [5, 5.41) is 9.46. The molecule has 0 aromatic rings. The van der Waals surface area contributed by atoms with Gasteiger partial charge in [0.15, 0.2) is 5.78 Å². The maximum absolute atomic E-state index is 11.3. The molecule has 0 aromatic heterocycles. The van der Waals surface area contributed by atoms with E-state index in [-0.39, 0.29) is 5.78 Å². The van der Waals surface area contributed by atoms with Crippen molar-refractivity contribution in [3.8, 4) is 0 Å². The number of aliphatic hydroxyl groups is 1. The molecule has 1 atom stereocenters. The van der Waals surface area contributed by atoms with Gasteiger partial charge in [-0.25, -0.2) is 0 Å². The minimum absolute atomic E-state index is 0.0535. The highest BCUT2D eigenvalue weighted by molar-refractivity contribution is 6.06. The third-order valence-corrected chi connectivity index (χ3v) is 2.18. The van der Waals surface area contributed by atoms with Gasteiger partial charge in [0.05, 0.1) is 6.10 Å². The number of carbonyl (C=O) groups excluding carboxylic acids is 1. The minimum Gasteiger partial charge on any atom is -0.388 e. The average Bonchev–Trinajstić information content (AvgIpc) is 1.96. The molecule has 1 unspecified atom stereocenters. The molecule has 12 heavy (non-hydrogen) atoms. The lowest BCUT2D eigenvalue weighted by Crippen LogP contribution is -2.20. The number of allylic oxidation sites excluding steroid dienone is 2. The molecular formula is C10H14O2. The molecule has 1 aliphatic carbocycles. The van der Waals surface area contributed by atoms with E-state index in [1.54, 1.807) is 6.92 Å². The zero-order valence-corrected chi connectivity index (χ0v) is 7.72. The van der Waals surface area contributed by atoms with Gasteiger partial charge in [-0.3, -0.25) is 4.79 Å². The van der Waals surface area contributed by atoms with Gasteiger partial charge in [-0.15, -0.1) is 0 Å². The Bertz CT molecular complexity index is 268. The normalized spacial score (nSPS) is 24.0. The van der Waals surface area contributed by atoms with E-state index in [0.717, 1.165) is 16.7 Å². The van der Waals surface area contributed by atoms with Gasteiger partial charge in [0.2, 0.25) is 0 Å². The van der Waals surface area contributed by atoms with E-state index in [1.807, 2.05) is 13.8 Å². The second-order valence-corrected chi connectivity index (χ2v) is 3.45. The summed E-state index contributed by atoms with van der Waals surface area (Å²) in [7, 11) is 0. The Hall–Kier alpha value is -0.890. The first-order chi connectivity index (χ1) is 5.52. The van der Waals surface area contributed by atoms with Crippen molar-refractivity contribution in [1.29, 1.82) is 0 Å². The molecule has 0 radical (unpaired) electrons. The van der Waals surface area contributed by atoms with Crippen molar-refractivity contribution in [2.24, 2.45) is 0 Å². The summed E-state index contributed by atoms with van der Waals surface area (Å²) in [6.45, 7) is 5.58. The zero-order chi connectivity index (χ0) is 9.30. The van der Waals surface area contributed by atoms with Crippen LogP contribution in [0.15, 0.2) is 22.8 Å². The van der Waals surface area contributed by atoms with E-state index >= 15 is 0 Å². The first-order valence-electron chi connectivity index (χ1n) is 4.09. The van der Waals surface area contributed by atoms with Crippen LogP contribution >= 0.6 is 0 Å². The highest BCUT2D eigenvalue weighted by atomic mass is 16.3. The molecule has 0 spiro atoms. The molecule has 1 rings (SSSR count). The number of hydrogen-bond acceptors (Lipinski definition) is 2. The van der Waals surface area contributed by atoms with E-state index in [2.05, 4.69) is 0 Å². The molecule has 0 fully saturated rings. The van der Waals surface area contributed by atoms with Gasteiger partial charge >= 0.3 is 0 Å². The molecule has 0 amide bonds. The fourth-order valence-electron chi connectivity index (χ4n) is 1.30. The summed E-state index contributed by atoms with van der Waals surface area (Å²) in [6.07, 6.45) is 1.53. The van der Waals surface area contributed by atoms with Crippen LogP contribution in [0.1, 0.15) is 27.2 Å². The van der Waals surface area contributed by atoms with Crippen LogP contribution in [0.5, 0.6) is 0 Å². The topological polar surface area (TPSA) is 37.3 Å². The summed E-state index contributed by atoms with van der Waals surface area (Å²) in [6, 6.07) is 0. The highest BCUT2D eigenvalue weighted by Crippen LogP contribution is 2.22. The second-order valence-electron chi connectivity index (χ2n) is 3.45. The SMILES string of the molecule is CC1=CC(=O)C(=C(C)C)CC1O. The molecule has 0 saturated heterocycles. The van der Waals surface area contributed by atoms with Crippen molar-refractivity contribution in [2.75, 3.05) is 0 Å². The van der Waals surface area contributed by atoms with Gasteiger partial charge in [0.25, 0.3) is 0 Å².